The summed E-state index contributed by atoms with van der Waals surface area (Å²) in [5, 5.41) is 6.98. The summed E-state index contributed by atoms with van der Waals surface area (Å²) in [6, 6.07) is 17.7. The van der Waals surface area contributed by atoms with Gasteiger partial charge in [-0.25, -0.2) is 4.98 Å². The average Bonchev–Trinajstić information content (AvgIpc) is 2.56. The van der Waals surface area contributed by atoms with E-state index in [1.54, 1.807) is 48.7 Å². The van der Waals surface area contributed by atoms with E-state index in [1.165, 1.54) is 0 Å². The minimum absolute atomic E-state index is 0.181. The van der Waals surface area contributed by atoms with Crippen LogP contribution < -0.4 is 10.6 Å². The quantitative estimate of drug-likeness (QED) is 0.658. The summed E-state index contributed by atoms with van der Waals surface area (Å²) in [5.41, 5.74) is 1.94. The first-order valence-corrected chi connectivity index (χ1v) is 7.91. The first kappa shape index (κ1) is 16.3. The lowest BCUT2D eigenvalue weighted by molar-refractivity contribution is 0.102. The fraction of sp³-hybridized carbons (Fsp3) is 0. The number of hydrogen-bond acceptors (Lipinski definition) is 3. The van der Waals surface area contributed by atoms with Crippen LogP contribution in [0, 0.1) is 0 Å². The van der Waals surface area contributed by atoms with E-state index in [-0.39, 0.29) is 5.91 Å². The summed E-state index contributed by atoms with van der Waals surface area (Å²) in [6.07, 6.45) is 1.58. The molecule has 0 saturated heterocycles. The van der Waals surface area contributed by atoms with Gasteiger partial charge in [-0.3, -0.25) is 4.79 Å². The van der Waals surface area contributed by atoms with Gasteiger partial charge in [0.05, 0.1) is 11.9 Å². The van der Waals surface area contributed by atoms with Gasteiger partial charge in [0, 0.05) is 21.3 Å². The molecule has 0 atom stereocenters. The molecule has 0 aliphatic rings. The third-order valence-electron chi connectivity index (χ3n) is 3.19. The van der Waals surface area contributed by atoms with Crippen molar-refractivity contribution in [3.05, 3.63) is 82.5 Å². The van der Waals surface area contributed by atoms with E-state index in [0.29, 0.717) is 27.1 Å². The van der Waals surface area contributed by atoms with Crippen molar-refractivity contribution >= 4 is 46.3 Å². The van der Waals surface area contributed by atoms with Crippen molar-refractivity contribution in [2.45, 2.75) is 0 Å². The first-order chi connectivity index (χ1) is 11.6. The summed E-state index contributed by atoms with van der Waals surface area (Å²) in [7, 11) is 0. The molecule has 4 nitrogen and oxygen atoms in total. The van der Waals surface area contributed by atoms with Gasteiger partial charge in [0.25, 0.3) is 5.91 Å². The molecule has 1 aromatic heterocycles. The molecule has 0 spiro atoms. The number of nitrogens with one attached hydrogen (secondary N) is 2. The van der Waals surface area contributed by atoms with E-state index < -0.39 is 0 Å². The van der Waals surface area contributed by atoms with Crippen LogP contribution in [0.2, 0.25) is 10.0 Å². The van der Waals surface area contributed by atoms with Gasteiger partial charge in [-0.1, -0.05) is 41.4 Å². The van der Waals surface area contributed by atoms with Gasteiger partial charge < -0.3 is 10.6 Å². The number of rotatable bonds is 4. The second-order valence-electron chi connectivity index (χ2n) is 5.04. The number of anilines is 3. The normalized spacial score (nSPS) is 10.2. The summed E-state index contributed by atoms with van der Waals surface area (Å²) in [6.45, 7) is 0. The minimum Gasteiger partial charge on any atom is -0.340 e. The van der Waals surface area contributed by atoms with Crippen LogP contribution in [-0.4, -0.2) is 10.9 Å². The highest BCUT2D eigenvalue weighted by Gasteiger charge is 2.06. The molecular weight excluding hydrogens is 345 g/mol. The zero-order valence-corrected chi connectivity index (χ0v) is 14.0. The number of nitrogens with zero attached hydrogens (tertiary/aromatic N) is 1. The Morgan fingerprint density at radius 2 is 1.58 bits per heavy atom. The second-order valence-corrected chi connectivity index (χ2v) is 5.91. The molecule has 6 heteroatoms. The van der Waals surface area contributed by atoms with Crippen molar-refractivity contribution in [1.29, 1.82) is 0 Å². The molecule has 3 aromatic rings. The maximum absolute atomic E-state index is 12.1. The lowest BCUT2D eigenvalue weighted by atomic mass is 10.2. The van der Waals surface area contributed by atoms with Crippen LogP contribution in [0.15, 0.2) is 66.9 Å². The molecule has 0 aliphatic heterocycles. The van der Waals surface area contributed by atoms with Crippen LogP contribution in [0.1, 0.15) is 10.4 Å². The van der Waals surface area contributed by atoms with E-state index in [1.807, 2.05) is 18.2 Å². The third kappa shape index (κ3) is 4.25. The highest BCUT2D eigenvalue weighted by atomic mass is 35.5. The van der Waals surface area contributed by atoms with Crippen molar-refractivity contribution < 1.29 is 4.79 Å². The van der Waals surface area contributed by atoms with Gasteiger partial charge in [-0.2, -0.15) is 0 Å². The van der Waals surface area contributed by atoms with Crippen molar-refractivity contribution in [3.63, 3.8) is 0 Å². The number of pyridine rings is 1. The number of amides is 1. The largest absolute Gasteiger partial charge is 0.340 e. The zero-order chi connectivity index (χ0) is 16.9. The van der Waals surface area contributed by atoms with Gasteiger partial charge in [0.15, 0.2) is 0 Å². The Kier molecular flexibility index (Phi) is 4.99. The van der Waals surface area contributed by atoms with E-state index in [4.69, 9.17) is 23.2 Å². The molecule has 0 fully saturated rings. The molecule has 0 unspecified atom stereocenters. The SMILES string of the molecule is O=C(Nc1ccc(Nc2cc(Cl)cc(Cl)c2)nc1)c1ccccc1. The van der Waals surface area contributed by atoms with Crippen LogP contribution in [0.3, 0.4) is 0 Å². The van der Waals surface area contributed by atoms with E-state index in [0.717, 1.165) is 5.69 Å². The molecule has 0 aliphatic carbocycles. The summed E-state index contributed by atoms with van der Waals surface area (Å²) >= 11 is 11.9. The molecule has 1 heterocycles. The highest BCUT2D eigenvalue weighted by Crippen LogP contribution is 2.25. The Morgan fingerprint density at radius 1 is 0.875 bits per heavy atom. The summed E-state index contributed by atoms with van der Waals surface area (Å²) in [4.78, 5) is 16.3. The van der Waals surface area contributed by atoms with Gasteiger partial charge in [-0.05, 0) is 42.5 Å². The van der Waals surface area contributed by atoms with Crippen molar-refractivity contribution in [1.82, 2.24) is 4.98 Å². The summed E-state index contributed by atoms with van der Waals surface area (Å²) in [5.74, 6) is 0.436. The zero-order valence-electron chi connectivity index (χ0n) is 12.5. The first-order valence-electron chi connectivity index (χ1n) is 7.16. The molecule has 0 radical (unpaired) electrons. The number of carbonyl (C=O) groups is 1. The second kappa shape index (κ2) is 7.34. The van der Waals surface area contributed by atoms with Crippen LogP contribution in [0.25, 0.3) is 0 Å². The molecule has 3 rings (SSSR count). The van der Waals surface area contributed by atoms with E-state index in [2.05, 4.69) is 15.6 Å². The smallest absolute Gasteiger partial charge is 0.255 e. The lowest BCUT2D eigenvalue weighted by Gasteiger charge is -2.08. The Morgan fingerprint density at radius 3 is 2.21 bits per heavy atom. The van der Waals surface area contributed by atoms with Gasteiger partial charge in [0.1, 0.15) is 5.82 Å². The fourth-order valence-corrected chi connectivity index (χ4v) is 2.63. The highest BCUT2D eigenvalue weighted by molar-refractivity contribution is 6.35. The van der Waals surface area contributed by atoms with Gasteiger partial charge >= 0.3 is 0 Å². The number of hydrogen-bond donors (Lipinski definition) is 2. The molecule has 2 aromatic carbocycles. The van der Waals surface area contributed by atoms with Gasteiger partial charge in [-0.15, -0.1) is 0 Å². The van der Waals surface area contributed by atoms with E-state index >= 15 is 0 Å². The predicted octanol–water partition coefficient (Wildman–Crippen LogP) is 5.38. The topological polar surface area (TPSA) is 54.0 Å². The third-order valence-corrected chi connectivity index (χ3v) is 3.63. The van der Waals surface area contributed by atoms with E-state index in [9.17, 15) is 4.79 Å². The molecule has 24 heavy (non-hydrogen) atoms. The van der Waals surface area contributed by atoms with Crippen LogP contribution >= 0.6 is 23.2 Å². The van der Waals surface area contributed by atoms with Crippen LogP contribution in [-0.2, 0) is 0 Å². The Labute approximate surface area is 149 Å². The van der Waals surface area contributed by atoms with Crippen LogP contribution in [0.4, 0.5) is 17.2 Å². The molecule has 0 saturated carbocycles. The molecule has 2 N–H and O–H groups in total. The number of carbonyl (C=O) groups excluding carboxylic acids is 1. The standard InChI is InChI=1S/C18H13Cl2N3O/c19-13-8-14(20)10-16(9-13)22-17-7-6-15(11-21-17)23-18(24)12-4-2-1-3-5-12/h1-11H,(H,21,22)(H,23,24). The Bertz CT molecular complexity index is 832. The van der Waals surface area contributed by atoms with Crippen molar-refractivity contribution in [2.24, 2.45) is 0 Å². The lowest BCUT2D eigenvalue weighted by Crippen LogP contribution is -2.11. The molecule has 0 bridgehead atoms. The van der Waals surface area contributed by atoms with Gasteiger partial charge in [0.2, 0.25) is 0 Å². The monoisotopic (exact) mass is 357 g/mol. The average molecular weight is 358 g/mol. The Balaban J connectivity index is 1.68. The number of halogens is 2. The van der Waals surface area contributed by atoms with Crippen molar-refractivity contribution in [3.8, 4) is 0 Å². The fourth-order valence-electron chi connectivity index (χ4n) is 2.11. The summed E-state index contributed by atoms with van der Waals surface area (Å²) < 4.78 is 0. The number of benzene rings is 2. The molecule has 120 valence electrons. The Hall–Kier alpha value is -2.56. The predicted molar refractivity (Wildman–Crippen MR) is 98.4 cm³/mol. The van der Waals surface area contributed by atoms with Crippen molar-refractivity contribution in [2.75, 3.05) is 10.6 Å². The maximum Gasteiger partial charge on any atom is 0.255 e. The molecular formula is C18H13Cl2N3O. The molecule has 1 amide bonds. The van der Waals surface area contributed by atoms with Crippen LogP contribution in [0.5, 0.6) is 0 Å². The minimum atomic E-state index is -0.181. The maximum atomic E-state index is 12.1. The number of aromatic nitrogens is 1.